The molecule has 0 spiro atoms. The lowest BCUT2D eigenvalue weighted by Gasteiger charge is -2.26. The molecule has 0 aromatic carbocycles. The molecular formula is C70H130N2O6P+. The minimum absolute atomic E-state index is 0.0716. The van der Waals surface area contributed by atoms with Gasteiger partial charge in [0.05, 0.1) is 39.9 Å². The molecule has 0 radical (unpaired) electrons. The lowest BCUT2D eigenvalue weighted by Crippen LogP contribution is -2.46. The molecule has 0 rings (SSSR count). The number of rotatable bonds is 61. The van der Waals surface area contributed by atoms with E-state index in [1.54, 1.807) is 0 Å². The number of nitrogens with one attached hydrogen (secondary N) is 1. The average molecular weight is 1130 g/mol. The van der Waals surface area contributed by atoms with E-state index >= 15 is 0 Å². The molecule has 0 saturated heterocycles. The number of nitrogens with zero attached hydrogens (tertiary/aromatic N) is 1. The van der Waals surface area contributed by atoms with Crippen LogP contribution in [0.25, 0.3) is 0 Å². The van der Waals surface area contributed by atoms with Crippen LogP contribution in [-0.4, -0.2) is 73.4 Å². The standard InChI is InChI=1S/C70H129N2O6P/c1-6-8-10-12-14-16-18-20-22-24-26-28-30-32-33-34-35-36-37-38-39-40-42-44-46-48-50-52-54-56-58-60-62-64-70(74)71-68(67-78-79(75,76)77-66-65-72(3,4)5)69(73)63-61-59-57-55-53-51-49-47-45-43-41-31-29-27-25-23-21-19-17-15-13-11-9-7-2/h8,10,14,16,20,22,26,28,32-33,35-36,38-39,68-69,73H,6-7,9,11-13,15,17-19,21,23-25,27,29-31,34,37,40-67H2,1-5H3,(H-,71,74,75,76)/p+1/b10-8-,16-14-,22-20-,28-26-,33-32-,36-35-,39-38-. The van der Waals surface area contributed by atoms with E-state index in [0.717, 1.165) is 83.5 Å². The fourth-order valence-electron chi connectivity index (χ4n) is 9.74. The number of hydrogen-bond donors (Lipinski definition) is 3. The highest BCUT2D eigenvalue weighted by atomic mass is 31.2. The van der Waals surface area contributed by atoms with Crippen LogP contribution in [0.3, 0.4) is 0 Å². The average Bonchev–Trinajstić information content (AvgIpc) is 3.42. The summed E-state index contributed by atoms with van der Waals surface area (Å²) < 4.78 is 23.9. The number of unbranched alkanes of at least 4 members (excludes halogenated alkanes) is 34. The molecular weight excluding hydrogens is 996 g/mol. The van der Waals surface area contributed by atoms with Crippen LogP contribution in [0.4, 0.5) is 0 Å². The molecule has 3 unspecified atom stereocenters. The van der Waals surface area contributed by atoms with E-state index in [1.807, 2.05) is 21.1 Å². The minimum atomic E-state index is -4.33. The highest BCUT2D eigenvalue weighted by Crippen LogP contribution is 2.43. The molecule has 9 heteroatoms. The third-order valence-electron chi connectivity index (χ3n) is 14.9. The Kier molecular flexibility index (Phi) is 58.5. The molecule has 0 heterocycles. The Hall–Kier alpha value is -2.32. The fraction of sp³-hybridized carbons (Fsp3) is 0.786. The van der Waals surface area contributed by atoms with Crippen LogP contribution in [0.15, 0.2) is 85.1 Å². The van der Waals surface area contributed by atoms with E-state index in [4.69, 9.17) is 9.05 Å². The summed E-state index contributed by atoms with van der Waals surface area (Å²) in [4.78, 5) is 23.4. The van der Waals surface area contributed by atoms with Gasteiger partial charge in [-0.2, -0.15) is 0 Å². The lowest BCUT2D eigenvalue weighted by atomic mass is 10.0. The molecule has 79 heavy (non-hydrogen) atoms. The van der Waals surface area contributed by atoms with Crippen LogP contribution in [0, 0.1) is 0 Å². The molecule has 3 N–H and O–H groups in total. The molecule has 0 aliphatic rings. The van der Waals surface area contributed by atoms with E-state index in [-0.39, 0.29) is 19.1 Å². The molecule has 0 aromatic heterocycles. The van der Waals surface area contributed by atoms with Crippen molar-refractivity contribution in [3.8, 4) is 0 Å². The Bertz CT molecular complexity index is 1560. The summed E-state index contributed by atoms with van der Waals surface area (Å²) in [5, 5.41) is 14.1. The zero-order valence-electron chi connectivity index (χ0n) is 52.6. The summed E-state index contributed by atoms with van der Waals surface area (Å²) in [6.45, 7) is 4.80. The maximum absolute atomic E-state index is 13.1. The number of aliphatic hydroxyl groups excluding tert-OH is 1. The van der Waals surface area contributed by atoms with Crippen molar-refractivity contribution < 1.29 is 32.9 Å². The van der Waals surface area contributed by atoms with Crippen molar-refractivity contribution in [1.29, 1.82) is 0 Å². The van der Waals surface area contributed by atoms with Gasteiger partial charge in [0, 0.05) is 6.42 Å². The smallest absolute Gasteiger partial charge is 0.391 e. The maximum Gasteiger partial charge on any atom is 0.472 e. The summed E-state index contributed by atoms with van der Waals surface area (Å²) in [5.74, 6) is -0.147. The number of allylic oxidation sites excluding steroid dienone is 14. The van der Waals surface area contributed by atoms with E-state index in [9.17, 15) is 19.4 Å². The Labute approximate surface area is 490 Å². The second-order valence-electron chi connectivity index (χ2n) is 23.8. The van der Waals surface area contributed by atoms with Gasteiger partial charge in [-0.05, 0) is 70.6 Å². The Morgan fingerprint density at radius 3 is 1.11 bits per heavy atom. The van der Waals surface area contributed by atoms with Gasteiger partial charge in [-0.1, -0.05) is 311 Å². The summed E-state index contributed by atoms with van der Waals surface area (Å²) >= 11 is 0. The number of quaternary nitrogens is 1. The van der Waals surface area contributed by atoms with Crippen molar-refractivity contribution in [1.82, 2.24) is 5.32 Å². The van der Waals surface area contributed by atoms with Gasteiger partial charge in [0.2, 0.25) is 5.91 Å². The first-order valence-electron chi connectivity index (χ1n) is 33.5. The Balaban J connectivity index is 4.10. The summed E-state index contributed by atoms with van der Waals surface area (Å²) in [6, 6.07) is -0.769. The lowest BCUT2D eigenvalue weighted by molar-refractivity contribution is -0.870. The first-order valence-corrected chi connectivity index (χ1v) is 34.9. The largest absolute Gasteiger partial charge is 0.472 e. The molecule has 8 nitrogen and oxygen atoms in total. The van der Waals surface area contributed by atoms with Gasteiger partial charge in [-0.3, -0.25) is 13.8 Å². The van der Waals surface area contributed by atoms with Crippen LogP contribution < -0.4 is 5.32 Å². The van der Waals surface area contributed by atoms with Gasteiger partial charge in [0.25, 0.3) is 0 Å². The first-order chi connectivity index (χ1) is 38.5. The zero-order valence-corrected chi connectivity index (χ0v) is 53.5. The normalized spacial score (nSPS) is 14.3. The predicted molar refractivity (Wildman–Crippen MR) is 346 cm³/mol. The van der Waals surface area contributed by atoms with Crippen LogP contribution in [0.5, 0.6) is 0 Å². The topological polar surface area (TPSA) is 105 Å². The summed E-state index contributed by atoms with van der Waals surface area (Å²) in [6.07, 6.45) is 85.2. The number of likely N-dealkylation sites (N-methyl/N-ethyl adjacent to an activating group) is 1. The van der Waals surface area contributed by atoms with Gasteiger partial charge in [0.1, 0.15) is 13.2 Å². The predicted octanol–water partition coefficient (Wildman–Crippen LogP) is 21.2. The molecule has 0 fully saturated rings. The minimum Gasteiger partial charge on any atom is -0.391 e. The first kappa shape index (κ1) is 76.7. The molecule has 1 amide bonds. The van der Waals surface area contributed by atoms with Crippen LogP contribution in [0.2, 0.25) is 0 Å². The number of carbonyl (C=O) groups excluding carboxylic acids is 1. The van der Waals surface area contributed by atoms with Crippen LogP contribution in [-0.2, 0) is 18.4 Å². The SMILES string of the molecule is CC/C=C\C/C=C\C/C=C\C/C=C\C/C=C\C/C=C\C/C=C\CCCCCCCCCCCCCC(=O)NC(COP(=O)(O)OCC[N+](C)(C)C)C(O)CCCCCCCCCCCCCCCCCCCCCCCCCC. The number of aliphatic hydroxyl groups is 1. The Morgan fingerprint density at radius 2 is 0.759 bits per heavy atom. The van der Waals surface area contributed by atoms with E-state index in [2.05, 4.69) is 104 Å². The number of carbonyl (C=O) groups is 1. The summed E-state index contributed by atoms with van der Waals surface area (Å²) in [5.41, 5.74) is 0. The van der Waals surface area contributed by atoms with Gasteiger partial charge in [-0.25, -0.2) is 4.57 Å². The van der Waals surface area contributed by atoms with Gasteiger partial charge >= 0.3 is 7.82 Å². The number of phosphoric ester groups is 1. The monoisotopic (exact) mass is 1130 g/mol. The fourth-order valence-corrected chi connectivity index (χ4v) is 10.5. The quantitative estimate of drug-likeness (QED) is 0.0243. The van der Waals surface area contributed by atoms with Crippen molar-refractivity contribution in [2.45, 2.75) is 315 Å². The van der Waals surface area contributed by atoms with Crippen molar-refractivity contribution in [3.05, 3.63) is 85.1 Å². The third-order valence-corrected chi connectivity index (χ3v) is 15.9. The van der Waals surface area contributed by atoms with Crippen molar-refractivity contribution in [2.24, 2.45) is 0 Å². The molecule has 460 valence electrons. The Morgan fingerprint density at radius 1 is 0.443 bits per heavy atom. The highest BCUT2D eigenvalue weighted by Gasteiger charge is 2.28. The maximum atomic E-state index is 13.1. The third kappa shape index (κ3) is 63.1. The molecule has 0 aromatic rings. The number of hydrogen-bond acceptors (Lipinski definition) is 5. The van der Waals surface area contributed by atoms with Crippen molar-refractivity contribution >= 4 is 13.7 Å². The number of amides is 1. The molecule has 3 atom stereocenters. The highest BCUT2D eigenvalue weighted by molar-refractivity contribution is 7.47. The van der Waals surface area contributed by atoms with E-state index in [1.165, 1.54) is 193 Å². The van der Waals surface area contributed by atoms with Crippen LogP contribution in [0.1, 0.15) is 303 Å². The zero-order chi connectivity index (χ0) is 57.7. The molecule has 0 saturated carbocycles. The van der Waals surface area contributed by atoms with E-state index < -0.39 is 20.0 Å². The molecule has 0 aliphatic carbocycles. The van der Waals surface area contributed by atoms with Gasteiger partial charge in [0.15, 0.2) is 0 Å². The summed E-state index contributed by atoms with van der Waals surface area (Å²) in [7, 11) is 1.61. The van der Waals surface area contributed by atoms with Crippen molar-refractivity contribution in [3.63, 3.8) is 0 Å². The van der Waals surface area contributed by atoms with Gasteiger partial charge in [-0.15, -0.1) is 0 Å². The van der Waals surface area contributed by atoms with Crippen LogP contribution >= 0.6 is 7.82 Å². The van der Waals surface area contributed by atoms with Crippen molar-refractivity contribution in [2.75, 3.05) is 40.9 Å². The van der Waals surface area contributed by atoms with E-state index in [0.29, 0.717) is 23.9 Å². The molecule has 0 bridgehead atoms. The second kappa shape index (κ2) is 60.3. The molecule has 0 aliphatic heterocycles. The van der Waals surface area contributed by atoms with Gasteiger partial charge < -0.3 is 19.8 Å². The number of phosphoric acid groups is 1. The second-order valence-corrected chi connectivity index (χ2v) is 25.3.